The van der Waals surface area contributed by atoms with Crippen LogP contribution in [0.1, 0.15) is 11.5 Å². The molecule has 0 radical (unpaired) electrons. The van der Waals surface area contributed by atoms with Crippen LogP contribution in [0.3, 0.4) is 0 Å². The van der Waals surface area contributed by atoms with E-state index in [2.05, 4.69) is 9.98 Å². The third-order valence-electron chi connectivity index (χ3n) is 4.26. The SMILES string of the molecule is Cc1ccc2nc(CO/C(N)=N/c3c(N)c4ccccc4n3C)oc2c1. The predicted octanol–water partition coefficient (Wildman–Crippen LogP) is 3.37. The normalized spacial score (nSPS) is 12.2. The topological polar surface area (TPSA) is 105 Å². The van der Waals surface area contributed by atoms with Crippen LogP contribution < -0.4 is 11.5 Å². The number of hydrogen-bond acceptors (Lipinski definition) is 5. The molecule has 26 heavy (non-hydrogen) atoms. The van der Waals surface area contributed by atoms with E-state index >= 15 is 0 Å². The first-order valence-corrected chi connectivity index (χ1v) is 8.19. The fourth-order valence-corrected chi connectivity index (χ4v) is 2.96. The van der Waals surface area contributed by atoms with Crippen molar-refractivity contribution in [1.82, 2.24) is 9.55 Å². The van der Waals surface area contributed by atoms with Crippen molar-refractivity contribution >= 4 is 39.5 Å². The molecule has 0 unspecified atom stereocenters. The molecule has 0 fully saturated rings. The van der Waals surface area contributed by atoms with Crippen molar-refractivity contribution in [2.24, 2.45) is 17.8 Å². The largest absolute Gasteiger partial charge is 0.455 e. The predicted molar refractivity (Wildman–Crippen MR) is 102 cm³/mol. The Hall–Kier alpha value is -3.48. The lowest BCUT2D eigenvalue weighted by atomic mass is 10.2. The van der Waals surface area contributed by atoms with Gasteiger partial charge in [0.2, 0.25) is 5.89 Å². The number of nitrogens with zero attached hydrogens (tertiary/aromatic N) is 3. The maximum atomic E-state index is 6.19. The summed E-state index contributed by atoms with van der Waals surface area (Å²) in [6, 6.07) is 13.6. The Labute approximate surface area is 149 Å². The zero-order valence-corrected chi connectivity index (χ0v) is 14.6. The van der Waals surface area contributed by atoms with Crippen LogP contribution in [0, 0.1) is 6.92 Å². The number of anilines is 1. The van der Waals surface area contributed by atoms with Crippen molar-refractivity contribution in [3.05, 3.63) is 53.9 Å². The highest BCUT2D eigenvalue weighted by molar-refractivity contribution is 5.99. The minimum absolute atomic E-state index is 0.000966. The molecule has 0 saturated heterocycles. The molecule has 132 valence electrons. The molecule has 0 saturated carbocycles. The lowest BCUT2D eigenvalue weighted by molar-refractivity contribution is 0.251. The highest BCUT2D eigenvalue weighted by Gasteiger charge is 2.13. The fourth-order valence-electron chi connectivity index (χ4n) is 2.96. The molecule has 4 aromatic rings. The third kappa shape index (κ3) is 2.73. The van der Waals surface area contributed by atoms with Gasteiger partial charge in [-0.3, -0.25) is 0 Å². The summed E-state index contributed by atoms with van der Waals surface area (Å²) >= 11 is 0. The molecule has 0 amide bonds. The summed E-state index contributed by atoms with van der Waals surface area (Å²) in [7, 11) is 1.88. The standard InChI is InChI=1S/C19H19N5O2/c1-11-7-8-13-15(9-11)26-16(22-13)10-25-19(21)23-18-17(20)12-5-3-4-6-14(12)24(18)2/h3-9H,10,20H2,1-2H3,(H2,21,23). The molecule has 0 aliphatic carbocycles. The van der Waals surface area contributed by atoms with Gasteiger partial charge in [-0.15, -0.1) is 0 Å². The summed E-state index contributed by atoms with van der Waals surface area (Å²) in [5.41, 5.74) is 16.3. The number of ether oxygens (including phenoxy) is 1. The molecule has 2 aromatic heterocycles. The van der Waals surface area contributed by atoms with Gasteiger partial charge in [-0.1, -0.05) is 24.3 Å². The number of fused-ring (bicyclic) bond motifs is 2. The van der Waals surface area contributed by atoms with Crippen molar-refractivity contribution in [3.8, 4) is 0 Å². The van der Waals surface area contributed by atoms with Crippen molar-refractivity contribution in [2.45, 2.75) is 13.5 Å². The Morgan fingerprint density at radius 3 is 2.88 bits per heavy atom. The third-order valence-corrected chi connectivity index (χ3v) is 4.26. The number of para-hydroxylation sites is 1. The molecule has 0 spiro atoms. The van der Waals surface area contributed by atoms with Crippen LogP contribution in [0.2, 0.25) is 0 Å². The first-order chi connectivity index (χ1) is 12.5. The Morgan fingerprint density at radius 1 is 1.27 bits per heavy atom. The molecule has 2 aromatic carbocycles. The Morgan fingerprint density at radius 2 is 2.08 bits per heavy atom. The van der Waals surface area contributed by atoms with Gasteiger partial charge in [0.1, 0.15) is 5.52 Å². The second kappa shape index (κ2) is 6.11. The van der Waals surface area contributed by atoms with Gasteiger partial charge in [0.05, 0.1) is 11.2 Å². The Kier molecular flexibility index (Phi) is 3.76. The number of rotatable bonds is 3. The van der Waals surface area contributed by atoms with E-state index < -0.39 is 0 Å². The number of aromatic nitrogens is 2. The van der Waals surface area contributed by atoms with E-state index in [0.717, 1.165) is 27.6 Å². The molecule has 4 N–H and O–H groups in total. The lowest BCUT2D eigenvalue weighted by Crippen LogP contribution is -2.16. The quantitative estimate of drug-likeness (QED) is 0.436. The summed E-state index contributed by atoms with van der Waals surface area (Å²) in [5, 5.41) is 0.927. The highest BCUT2D eigenvalue weighted by atomic mass is 16.5. The molecule has 7 heteroatoms. The van der Waals surface area contributed by atoms with E-state index in [4.69, 9.17) is 20.6 Å². The van der Waals surface area contributed by atoms with Gasteiger partial charge in [0.25, 0.3) is 6.02 Å². The molecule has 0 aliphatic rings. The fraction of sp³-hybridized carbons (Fsp3) is 0.158. The zero-order valence-electron chi connectivity index (χ0n) is 14.6. The van der Waals surface area contributed by atoms with Crippen LogP contribution in [0.25, 0.3) is 22.0 Å². The van der Waals surface area contributed by atoms with Gasteiger partial charge >= 0.3 is 0 Å². The van der Waals surface area contributed by atoms with Gasteiger partial charge < -0.3 is 25.2 Å². The van der Waals surface area contributed by atoms with E-state index in [9.17, 15) is 0 Å². The second-order valence-electron chi connectivity index (χ2n) is 6.13. The van der Waals surface area contributed by atoms with Gasteiger partial charge in [-0.25, -0.2) is 4.98 Å². The van der Waals surface area contributed by atoms with Crippen LogP contribution in [0.5, 0.6) is 0 Å². The first kappa shape index (κ1) is 16.0. The van der Waals surface area contributed by atoms with E-state index in [1.54, 1.807) is 0 Å². The zero-order chi connectivity index (χ0) is 18.3. The van der Waals surface area contributed by atoms with Crippen LogP contribution in [0.4, 0.5) is 11.5 Å². The molecular weight excluding hydrogens is 330 g/mol. The average Bonchev–Trinajstić information content (AvgIpc) is 3.14. The van der Waals surface area contributed by atoms with Crippen molar-refractivity contribution in [1.29, 1.82) is 0 Å². The van der Waals surface area contributed by atoms with Gasteiger partial charge in [0.15, 0.2) is 18.0 Å². The Balaban J connectivity index is 1.57. The summed E-state index contributed by atoms with van der Waals surface area (Å²) in [5.74, 6) is 0.991. The molecule has 0 bridgehead atoms. The van der Waals surface area contributed by atoms with Crippen molar-refractivity contribution in [2.75, 3.05) is 5.73 Å². The number of aliphatic imine (C=N–C) groups is 1. The highest BCUT2D eigenvalue weighted by Crippen LogP contribution is 2.33. The number of amidine groups is 1. The van der Waals surface area contributed by atoms with E-state index in [-0.39, 0.29) is 12.6 Å². The summed E-state index contributed by atoms with van der Waals surface area (Å²) in [4.78, 5) is 8.69. The minimum atomic E-state index is 0.000966. The van der Waals surface area contributed by atoms with Crippen LogP contribution in [-0.2, 0) is 18.4 Å². The lowest BCUT2D eigenvalue weighted by Gasteiger charge is -2.04. The Bertz CT molecular complexity index is 1100. The van der Waals surface area contributed by atoms with Gasteiger partial charge in [0, 0.05) is 12.4 Å². The molecule has 2 heterocycles. The minimum Gasteiger partial charge on any atom is -0.455 e. The summed E-state index contributed by atoms with van der Waals surface area (Å²) in [6.07, 6.45) is 0. The maximum absolute atomic E-state index is 6.19. The van der Waals surface area contributed by atoms with E-state index in [1.165, 1.54) is 0 Å². The molecule has 0 aliphatic heterocycles. The number of hydrogen-bond donors (Lipinski definition) is 2. The molecule has 7 nitrogen and oxygen atoms in total. The number of aryl methyl sites for hydroxylation is 2. The molecular formula is C19H19N5O2. The summed E-state index contributed by atoms with van der Waals surface area (Å²) < 4.78 is 13.0. The van der Waals surface area contributed by atoms with Crippen LogP contribution in [0.15, 0.2) is 51.9 Å². The number of oxazole rings is 1. The monoisotopic (exact) mass is 349 g/mol. The smallest absolute Gasteiger partial charge is 0.289 e. The first-order valence-electron chi connectivity index (χ1n) is 8.19. The van der Waals surface area contributed by atoms with Crippen molar-refractivity contribution in [3.63, 3.8) is 0 Å². The average molecular weight is 349 g/mol. The number of benzene rings is 2. The van der Waals surface area contributed by atoms with Crippen molar-refractivity contribution < 1.29 is 9.15 Å². The second-order valence-corrected chi connectivity index (χ2v) is 6.13. The maximum Gasteiger partial charge on any atom is 0.289 e. The van der Waals surface area contributed by atoms with E-state index in [0.29, 0.717) is 17.4 Å². The number of nitrogen functional groups attached to an aromatic ring is 1. The van der Waals surface area contributed by atoms with E-state index in [1.807, 2.05) is 61.0 Å². The van der Waals surface area contributed by atoms with Gasteiger partial charge in [-0.2, -0.15) is 4.99 Å². The molecule has 0 atom stereocenters. The number of nitrogens with two attached hydrogens (primary N) is 2. The van der Waals surface area contributed by atoms with Crippen LogP contribution >= 0.6 is 0 Å². The van der Waals surface area contributed by atoms with Gasteiger partial charge in [-0.05, 0) is 30.7 Å². The molecule has 4 rings (SSSR count). The van der Waals surface area contributed by atoms with Crippen LogP contribution in [-0.4, -0.2) is 15.6 Å². The summed E-state index contributed by atoms with van der Waals surface area (Å²) in [6.45, 7) is 2.09.